The highest BCUT2D eigenvalue weighted by atomic mass is 16.5. The van der Waals surface area contributed by atoms with Gasteiger partial charge in [-0.05, 0) is 30.9 Å². The lowest BCUT2D eigenvalue weighted by Gasteiger charge is -2.37. The number of carbonyl (C=O) groups is 1. The van der Waals surface area contributed by atoms with Gasteiger partial charge < -0.3 is 14.6 Å². The van der Waals surface area contributed by atoms with Gasteiger partial charge in [-0.3, -0.25) is 4.79 Å². The van der Waals surface area contributed by atoms with Crippen molar-refractivity contribution in [1.82, 2.24) is 14.9 Å². The number of hydrogen-bond donors (Lipinski definition) is 1. The lowest BCUT2D eigenvalue weighted by Crippen LogP contribution is -2.49. The van der Waals surface area contributed by atoms with Gasteiger partial charge in [-0.1, -0.05) is 24.3 Å². The molecule has 1 aliphatic heterocycles. The summed E-state index contributed by atoms with van der Waals surface area (Å²) in [5.41, 5.74) is 1.82. The molecule has 3 rings (SSSR count). The molecule has 1 aromatic carbocycles. The Hall–Kier alpha value is -2.14. The van der Waals surface area contributed by atoms with E-state index in [0.717, 1.165) is 24.9 Å². The standard InChI is InChI=1S/C18H23N3O2/c1-15-4-2-3-5-16(15)18(6-12-23-13-7-18)17(22)20-9-11-21-10-8-19-14-21/h2-5,8,10,14H,6-7,9,11-13H2,1H3,(H,20,22). The molecule has 23 heavy (non-hydrogen) atoms. The Balaban J connectivity index is 1.75. The number of aromatic nitrogens is 2. The molecular formula is C18H23N3O2. The Morgan fingerprint density at radius 1 is 1.35 bits per heavy atom. The van der Waals surface area contributed by atoms with E-state index in [-0.39, 0.29) is 5.91 Å². The van der Waals surface area contributed by atoms with Crippen molar-refractivity contribution in [2.24, 2.45) is 0 Å². The first-order valence-electron chi connectivity index (χ1n) is 8.10. The van der Waals surface area contributed by atoms with E-state index in [1.54, 1.807) is 12.5 Å². The van der Waals surface area contributed by atoms with Crippen molar-refractivity contribution in [2.75, 3.05) is 19.8 Å². The summed E-state index contributed by atoms with van der Waals surface area (Å²) in [4.78, 5) is 17.0. The molecule has 0 aliphatic carbocycles. The number of hydrogen-bond acceptors (Lipinski definition) is 3. The van der Waals surface area contributed by atoms with Crippen LogP contribution in [0.3, 0.4) is 0 Å². The number of imidazole rings is 1. The van der Waals surface area contributed by atoms with Crippen LogP contribution in [0.4, 0.5) is 0 Å². The van der Waals surface area contributed by atoms with Gasteiger partial charge in [0, 0.05) is 38.7 Å². The van der Waals surface area contributed by atoms with Gasteiger partial charge in [-0.15, -0.1) is 0 Å². The van der Waals surface area contributed by atoms with E-state index in [9.17, 15) is 4.79 Å². The molecule has 5 heteroatoms. The minimum Gasteiger partial charge on any atom is -0.381 e. The van der Waals surface area contributed by atoms with Crippen LogP contribution >= 0.6 is 0 Å². The van der Waals surface area contributed by atoms with E-state index in [1.807, 2.05) is 22.9 Å². The summed E-state index contributed by atoms with van der Waals surface area (Å²) < 4.78 is 7.47. The summed E-state index contributed by atoms with van der Waals surface area (Å²) in [5, 5.41) is 3.11. The molecule has 1 aliphatic rings. The molecule has 0 saturated carbocycles. The predicted octanol–water partition coefficient (Wildman–Crippen LogP) is 2.06. The Morgan fingerprint density at radius 3 is 2.83 bits per heavy atom. The third-order valence-electron chi connectivity index (χ3n) is 4.66. The van der Waals surface area contributed by atoms with Crippen LogP contribution in [-0.2, 0) is 21.5 Å². The van der Waals surface area contributed by atoms with Crippen molar-refractivity contribution in [3.05, 3.63) is 54.1 Å². The van der Waals surface area contributed by atoms with E-state index in [4.69, 9.17) is 4.74 Å². The van der Waals surface area contributed by atoms with Crippen molar-refractivity contribution < 1.29 is 9.53 Å². The molecule has 0 spiro atoms. The molecule has 1 saturated heterocycles. The fourth-order valence-corrected chi connectivity index (χ4v) is 3.34. The molecule has 2 aromatic rings. The highest BCUT2D eigenvalue weighted by Gasteiger charge is 2.42. The van der Waals surface area contributed by atoms with Gasteiger partial charge in [0.15, 0.2) is 0 Å². The molecule has 122 valence electrons. The fraction of sp³-hybridized carbons (Fsp3) is 0.444. The second-order valence-corrected chi connectivity index (χ2v) is 6.07. The van der Waals surface area contributed by atoms with Crippen LogP contribution < -0.4 is 5.32 Å². The van der Waals surface area contributed by atoms with Gasteiger partial charge in [-0.25, -0.2) is 4.98 Å². The molecular weight excluding hydrogens is 290 g/mol. The monoisotopic (exact) mass is 313 g/mol. The SMILES string of the molecule is Cc1ccccc1C1(C(=O)NCCn2ccnc2)CCOCC1. The van der Waals surface area contributed by atoms with Gasteiger partial charge >= 0.3 is 0 Å². The maximum absolute atomic E-state index is 13.0. The first-order valence-corrected chi connectivity index (χ1v) is 8.10. The molecule has 1 amide bonds. The molecule has 0 atom stereocenters. The number of ether oxygens (including phenoxy) is 1. The van der Waals surface area contributed by atoms with E-state index in [0.29, 0.717) is 19.8 Å². The number of nitrogens with zero attached hydrogens (tertiary/aromatic N) is 2. The normalized spacial score (nSPS) is 16.9. The number of rotatable bonds is 5. The molecule has 1 aromatic heterocycles. The highest BCUT2D eigenvalue weighted by Crippen LogP contribution is 2.36. The van der Waals surface area contributed by atoms with Crippen molar-refractivity contribution in [3.63, 3.8) is 0 Å². The van der Waals surface area contributed by atoms with Gasteiger partial charge in [0.25, 0.3) is 0 Å². The van der Waals surface area contributed by atoms with E-state index < -0.39 is 5.41 Å². The van der Waals surface area contributed by atoms with Crippen LogP contribution in [0.5, 0.6) is 0 Å². The minimum atomic E-state index is -0.474. The number of carbonyl (C=O) groups excluding carboxylic acids is 1. The zero-order chi connectivity index (χ0) is 16.1. The molecule has 1 fully saturated rings. The van der Waals surface area contributed by atoms with E-state index >= 15 is 0 Å². The van der Waals surface area contributed by atoms with Crippen LogP contribution in [-0.4, -0.2) is 35.2 Å². The molecule has 0 bridgehead atoms. The summed E-state index contributed by atoms with van der Waals surface area (Å²) in [6, 6.07) is 8.18. The van der Waals surface area contributed by atoms with Crippen LogP contribution in [0.1, 0.15) is 24.0 Å². The second-order valence-electron chi connectivity index (χ2n) is 6.07. The van der Waals surface area contributed by atoms with Crippen LogP contribution in [0.2, 0.25) is 0 Å². The van der Waals surface area contributed by atoms with Gasteiger partial charge in [-0.2, -0.15) is 0 Å². The summed E-state index contributed by atoms with van der Waals surface area (Å²) in [6.07, 6.45) is 6.87. The number of amides is 1. The summed E-state index contributed by atoms with van der Waals surface area (Å²) in [6.45, 7) is 4.66. The second kappa shape index (κ2) is 6.96. The molecule has 5 nitrogen and oxygen atoms in total. The van der Waals surface area contributed by atoms with Crippen molar-refractivity contribution in [1.29, 1.82) is 0 Å². The third-order valence-corrected chi connectivity index (χ3v) is 4.66. The first kappa shape index (κ1) is 15.7. The minimum absolute atomic E-state index is 0.107. The van der Waals surface area contributed by atoms with E-state index in [2.05, 4.69) is 29.4 Å². The maximum atomic E-state index is 13.0. The lowest BCUT2D eigenvalue weighted by atomic mass is 9.72. The summed E-state index contributed by atoms with van der Waals surface area (Å²) in [7, 11) is 0. The molecule has 0 unspecified atom stereocenters. The summed E-state index contributed by atoms with van der Waals surface area (Å²) >= 11 is 0. The van der Waals surface area contributed by atoms with Crippen LogP contribution in [0, 0.1) is 6.92 Å². The quantitative estimate of drug-likeness (QED) is 0.919. The van der Waals surface area contributed by atoms with Gasteiger partial charge in [0.1, 0.15) is 0 Å². The summed E-state index contributed by atoms with van der Waals surface area (Å²) in [5.74, 6) is 0.107. The van der Waals surface area contributed by atoms with Crippen molar-refractivity contribution >= 4 is 5.91 Å². The number of benzene rings is 1. The smallest absolute Gasteiger partial charge is 0.230 e. The molecule has 2 heterocycles. The Bertz CT molecular complexity index is 646. The molecule has 0 radical (unpaired) electrons. The average molecular weight is 313 g/mol. The van der Waals surface area contributed by atoms with Gasteiger partial charge in [0.2, 0.25) is 5.91 Å². The Labute approximate surface area is 136 Å². The first-order chi connectivity index (χ1) is 11.2. The zero-order valence-electron chi connectivity index (χ0n) is 13.5. The van der Waals surface area contributed by atoms with Crippen molar-refractivity contribution in [3.8, 4) is 0 Å². The van der Waals surface area contributed by atoms with E-state index in [1.165, 1.54) is 5.56 Å². The fourth-order valence-electron chi connectivity index (χ4n) is 3.34. The van der Waals surface area contributed by atoms with Crippen LogP contribution in [0.15, 0.2) is 43.0 Å². The number of nitrogens with one attached hydrogen (secondary N) is 1. The molecule has 1 N–H and O–H groups in total. The Kier molecular flexibility index (Phi) is 4.76. The Morgan fingerprint density at radius 2 is 2.13 bits per heavy atom. The highest BCUT2D eigenvalue weighted by molar-refractivity contribution is 5.88. The number of aryl methyl sites for hydroxylation is 1. The lowest BCUT2D eigenvalue weighted by molar-refractivity contribution is -0.130. The third kappa shape index (κ3) is 3.29. The van der Waals surface area contributed by atoms with Gasteiger partial charge in [0.05, 0.1) is 11.7 Å². The van der Waals surface area contributed by atoms with Crippen molar-refractivity contribution in [2.45, 2.75) is 31.7 Å². The average Bonchev–Trinajstić information content (AvgIpc) is 3.09. The van der Waals surface area contributed by atoms with Crippen LogP contribution in [0.25, 0.3) is 0 Å². The predicted molar refractivity (Wildman–Crippen MR) is 88.1 cm³/mol. The largest absolute Gasteiger partial charge is 0.381 e. The maximum Gasteiger partial charge on any atom is 0.230 e. The topological polar surface area (TPSA) is 56.2 Å². The zero-order valence-corrected chi connectivity index (χ0v) is 13.5.